The number of aryl methyl sites for hydroxylation is 1. The monoisotopic (exact) mass is 429 g/mol. The summed E-state index contributed by atoms with van der Waals surface area (Å²) < 4.78 is 5.65. The van der Waals surface area contributed by atoms with Gasteiger partial charge < -0.3 is 4.74 Å². The summed E-state index contributed by atoms with van der Waals surface area (Å²) in [5, 5.41) is 32.9. The Kier molecular flexibility index (Phi) is 6.27. The molecule has 0 radical (unpaired) electrons. The summed E-state index contributed by atoms with van der Waals surface area (Å²) in [5.74, 6) is -0.0270. The SMILES string of the molecule is Cc1cccc(OCCc2nnc(NC(=O)c3cc([N+](=O)[O-])cc([N+](=O)[O-])c3)s2)c1. The van der Waals surface area contributed by atoms with Crippen LogP contribution in [0.25, 0.3) is 0 Å². The van der Waals surface area contributed by atoms with E-state index in [0.29, 0.717) is 18.0 Å². The smallest absolute Gasteiger partial charge is 0.277 e. The molecule has 1 heterocycles. The van der Waals surface area contributed by atoms with E-state index in [-0.39, 0.29) is 10.7 Å². The van der Waals surface area contributed by atoms with E-state index in [1.54, 1.807) is 0 Å². The highest BCUT2D eigenvalue weighted by atomic mass is 32.1. The van der Waals surface area contributed by atoms with Gasteiger partial charge in [0.2, 0.25) is 5.13 Å². The molecule has 1 aromatic heterocycles. The number of rotatable bonds is 8. The Labute approximate surface area is 173 Å². The zero-order chi connectivity index (χ0) is 21.7. The van der Waals surface area contributed by atoms with E-state index in [1.165, 1.54) is 0 Å². The molecule has 0 aliphatic carbocycles. The van der Waals surface area contributed by atoms with Gasteiger partial charge in [-0.3, -0.25) is 30.3 Å². The Balaban J connectivity index is 1.63. The predicted octanol–water partition coefficient (Wildman–Crippen LogP) is 3.54. The van der Waals surface area contributed by atoms with E-state index in [4.69, 9.17) is 4.74 Å². The molecule has 3 aromatic rings. The standard InChI is InChI=1S/C18H15N5O6S/c1-11-3-2-4-15(7-11)29-6-5-16-20-21-18(30-16)19-17(24)12-8-13(22(25)26)10-14(9-12)23(27)28/h2-4,7-10H,5-6H2,1H3,(H,19,21,24). The van der Waals surface area contributed by atoms with Crippen molar-refractivity contribution >= 4 is 33.8 Å². The zero-order valence-corrected chi connectivity index (χ0v) is 16.4. The molecule has 0 unspecified atom stereocenters. The Hall–Kier alpha value is -3.93. The van der Waals surface area contributed by atoms with Crippen LogP contribution >= 0.6 is 11.3 Å². The number of hydrogen-bond donors (Lipinski definition) is 1. The molecule has 1 N–H and O–H groups in total. The highest BCUT2D eigenvalue weighted by molar-refractivity contribution is 7.15. The number of benzene rings is 2. The lowest BCUT2D eigenvalue weighted by molar-refractivity contribution is -0.394. The summed E-state index contributed by atoms with van der Waals surface area (Å²) in [4.78, 5) is 32.7. The summed E-state index contributed by atoms with van der Waals surface area (Å²) in [6, 6.07) is 10.3. The fourth-order valence-electron chi connectivity index (χ4n) is 2.47. The van der Waals surface area contributed by atoms with Crippen LogP contribution in [-0.4, -0.2) is 32.6 Å². The molecule has 2 aromatic carbocycles. The molecule has 0 atom stereocenters. The third-order valence-corrected chi connectivity index (χ3v) is 4.75. The van der Waals surface area contributed by atoms with Crippen LogP contribution in [0.3, 0.4) is 0 Å². The first-order valence-electron chi connectivity index (χ1n) is 8.59. The van der Waals surface area contributed by atoms with Crippen molar-refractivity contribution in [2.24, 2.45) is 0 Å². The topological polar surface area (TPSA) is 150 Å². The van der Waals surface area contributed by atoms with Gasteiger partial charge in [0.25, 0.3) is 17.3 Å². The second kappa shape index (κ2) is 9.05. The molecule has 11 nitrogen and oxygen atoms in total. The maximum atomic E-state index is 12.4. The van der Waals surface area contributed by atoms with Gasteiger partial charge in [-0.1, -0.05) is 23.5 Å². The number of carbonyl (C=O) groups is 1. The van der Waals surface area contributed by atoms with Gasteiger partial charge in [0.1, 0.15) is 10.8 Å². The van der Waals surface area contributed by atoms with E-state index in [9.17, 15) is 25.0 Å². The molecule has 3 rings (SSSR count). The van der Waals surface area contributed by atoms with Crippen molar-refractivity contribution < 1.29 is 19.4 Å². The molecule has 1 amide bonds. The van der Waals surface area contributed by atoms with Crippen LogP contribution in [0, 0.1) is 27.2 Å². The Morgan fingerprint density at radius 3 is 2.43 bits per heavy atom. The summed E-state index contributed by atoms with van der Waals surface area (Å²) in [7, 11) is 0. The number of nitrogens with zero attached hydrogens (tertiary/aromatic N) is 4. The Bertz CT molecular complexity index is 1080. The average Bonchev–Trinajstić information content (AvgIpc) is 3.14. The van der Waals surface area contributed by atoms with Gasteiger partial charge in [0.15, 0.2) is 0 Å². The van der Waals surface area contributed by atoms with Crippen LogP contribution in [0.2, 0.25) is 0 Å². The predicted molar refractivity (Wildman–Crippen MR) is 108 cm³/mol. The molecule has 0 bridgehead atoms. The second-order valence-corrected chi connectivity index (χ2v) is 7.18. The minimum Gasteiger partial charge on any atom is -0.493 e. The largest absolute Gasteiger partial charge is 0.493 e. The highest BCUT2D eigenvalue weighted by Crippen LogP contribution is 2.24. The van der Waals surface area contributed by atoms with Crippen LogP contribution in [0.1, 0.15) is 20.9 Å². The number of anilines is 1. The van der Waals surface area contributed by atoms with E-state index in [0.717, 1.165) is 40.8 Å². The molecule has 0 aliphatic rings. The van der Waals surface area contributed by atoms with Gasteiger partial charge in [-0.2, -0.15) is 0 Å². The first-order chi connectivity index (χ1) is 14.3. The third-order valence-electron chi connectivity index (χ3n) is 3.85. The summed E-state index contributed by atoms with van der Waals surface area (Å²) in [5.41, 5.74) is -0.258. The minimum atomic E-state index is -0.805. The van der Waals surface area contributed by atoms with Crippen molar-refractivity contribution in [3.05, 3.63) is 78.8 Å². The molecule has 0 saturated heterocycles. The van der Waals surface area contributed by atoms with Crippen LogP contribution in [-0.2, 0) is 6.42 Å². The first-order valence-corrected chi connectivity index (χ1v) is 9.40. The van der Waals surface area contributed by atoms with Crippen molar-refractivity contribution in [3.8, 4) is 5.75 Å². The molecule has 12 heteroatoms. The van der Waals surface area contributed by atoms with E-state index in [2.05, 4.69) is 15.5 Å². The van der Waals surface area contributed by atoms with Crippen molar-refractivity contribution in [2.45, 2.75) is 13.3 Å². The number of nitrogens with one attached hydrogen (secondary N) is 1. The van der Waals surface area contributed by atoms with E-state index in [1.807, 2.05) is 31.2 Å². The summed E-state index contributed by atoms with van der Waals surface area (Å²) in [6.45, 7) is 2.33. The van der Waals surface area contributed by atoms with E-state index < -0.39 is 27.1 Å². The lowest BCUT2D eigenvalue weighted by Crippen LogP contribution is -2.12. The molecular formula is C18H15N5O6S. The van der Waals surface area contributed by atoms with Crippen LogP contribution < -0.4 is 10.1 Å². The highest BCUT2D eigenvalue weighted by Gasteiger charge is 2.20. The average molecular weight is 429 g/mol. The zero-order valence-electron chi connectivity index (χ0n) is 15.6. The summed E-state index contributed by atoms with van der Waals surface area (Å²) in [6.07, 6.45) is 0.462. The molecule has 0 spiro atoms. The Morgan fingerprint density at radius 1 is 1.10 bits per heavy atom. The third kappa shape index (κ3) is 5.32. The molecular weight excluding hydrogens is 414 g/mol. The maximum absolute atomic E-state index is 12.4. The maximum Gasteiger partial charge on any atom is 0.277 e. The molecule has 30 heavy (non-hydrogen) atoms. The quantitative estimate of drug-likeness (QED) is 0.422. The first kappa shape index (κ1) is 20.8. The Morgan fingerprint density at radius 2 is 1.80 bits per heavy atom. The van der Waals surface area contributed by atoms with Crippen LogP contribution in [0.15, 0.2) is 42.5 Å². The number of ether oxygens (including phenoxy) is 1. The van der Waals surface area contributed by atoms with Gasteiger partial charge in [-0.05, 0) is 24.6 Å². The summed E-state index contributed by atoms with van der Waals surface area (Å²) >= 11 is 1.11. The number of nitro benzene ring substituents is 2. The van der Waals surface area contributed by atoms with Crippen molar-refractivity contribution in [1.82, 2.24) is 10.2 Å². The van der Waals surface area contributed by atoms with Gasteiger partial charge in [0, 0.05) is 18.6 Å². The molecule has 154 valence electrons. The number of hydrogen-bond acceptors (Lipinski definition) is 9. The number of carbonyl (C=O) groups excluding carboxylic acids is 1. The van der Waals surface area contributed by atoms with Gasteiger partial charge >= 0.3 is 0 Å². The lowest BCUT2D eigenvalue weighted by atomic mass is 10.1. The normalized spacial score (nSPS) is 10.4. The molecule has 0 aliphatic heterocycles. The fraction of sp³-hybridized carbons (Fsp3) is 0.167. The molecule has 0 fully saturated rings. The molecule has 0 saturated carbocycles. The van der Waals surface area contributed by atoms with E-state index >= 15 is 0 Å². The van der Waals surface area contributed by atoms with Gasteiger partial charge in [-0.15, -0.1) is 10.2 Å². The number of nitro groups is 2. The number of non-ortho nitro benzene ring substituents is 2. The van der Waals surface area contributed by atoms with Crippen molar-refractivity contribution in [2.75, 3.05) is 11.9 Å². The van der Waals surface area contributed by atoms with Gasteiger partial charge in [0.05, 0.1) is 28.1 Å². The van der Waals surface area contributed by atoms with Crippen molar-refractivity contribution in [1.29, 1.82) is 0 Å². The van der Waals surface area contributed by atoms with Crippen LogP contribution in [0.4, 0.5) is 16.5 Å². The van der Waals surface area contributed by atoms with Gasteiger partial charge in [-0.25, -0.2) is 0 Å². The van der Waals surface area contributed by atoms with Crippen LogP contribution in [0.5, 0.6) is 5.75 Å². The fourth-order valence-corrected chi connectivity index (χ4v) is 3.19. The second-order valence-electron chi connectivity index (χ2n) is 6.12. The number of aromatic nitrogens is 2. The minimum absolute atomic E-state index is 0.166. The van der Waals surface area contributed by atoms with Crippen molar-refractivity contribution in [3.63, 3.8) is 0 Å². The lowest BCUT2D eigenvalue weighted by Gasteiger charge is -2.05. The number of amides is 1.